The van der Waals surface area contributed by atoms with Crippen molar-refractivity contribution < 1.29 is 0 Å². The third-order valence-electron chi connectivity index (χ3n) is 3.08. The standard InChI is InChI=1S/C13H26N2Si2/c1-8-11-9-10-14-12(15-11)13(16(2,3)4)17(5,6)7/h9-10,13H,8H2,1-7H3. The zero-order chi connectivity index (χ0) is 13.3. The Labute approximate surface area is 108 Å². The van der Waals surface area contributed by atoms with E-state index in [1.165, 1.54) is 5.69 Å². The summed E-state index contributed by atoms with van der Waals surface area (Å²) in [4.78, 5) is 9.36. The highest BCUT2D eigenvalue weighted by Gasteiger charge is 2.40. The first-order valence-corrected chi connectivity index (χ1v) is 13.6. The summed E-state index contributed by atoms with van der Waals surface area (Å²) in [6, 6.07) is 2.04. The monoisotopic (exact) mass is 266 g/mol. The molecule has 1 aromatic heterocycles. The SMILES string of the molecule is CCc1ccnc(C([Si](C)(C)C)[Si](C)(C)C)n1. The van der Waals surface area contributed by atoms with Crippen LogP contribution in [0.2, 0.25) is 39.3 Å². The van der Waals surface area contributed by atoms with Crippen LogP contribution in [0.5, 0.6) is 0 Å². The molecule has 0 saturated carbocycles. The van der Waals surface area contributed by atoms with Crippen molar-refractivity contribution in [3.63, 3.8) is 0 Å². The molecule has 2 nitrogen and oxygen atoms in total. The molecule has 0 unspecified atom stereocenters. The lowest BCUT2D eigenvalue weighted by molar-refractivity contribution is 0.902. The Kier molecular flexibility index (Phi) is 4.30. The highest BCUT2D eigenvalue weighted by Crippen LogP contribution is 2.33. The number of aryl methyl sites for hydroxylation is 1. The maximum absolute atomic E-state index is 4.78. The van der Waals surface area contributed by atoms with Crippen molar-refractivity contribution in [2.75, 3.05) is 0 Å². The molecule has 4 heteroatoms. The van der Waals surface area contributed by atoms with Crippen LogP contribution in [-0.2, 0) is 6.42 Å². The molecule has 1 aromatic rings. The van der Waals surface area contributed by atoms with Crippen LogP contribution in [0, 0.1) is 0 Å². The summed E-state index contributed by atoms with van der Waals surface area (Å²) in [5.74, 6) is 1.11. The molecule has 0 aliphatic heterocycles. The maximum Gasteiger partial charge on any atom is 0.126 e. The second-order valence-electron chi connectivity index (χ2n) is 6.92. The van der Waals surface area contributed by atoms with Crippen LogP contribution in [-0.4, -0.2) is 26.1 Å². The van der Waals surface area contributed by atoms with Crippen LogP contribution >= 0.6 is 0 Å². The molecule has 96 valence electrons. The van der Waals surface area contributed by atoms with Gasteiger partial charge in [0.15, 0.2) is 0 Å². The van der Waals surface area contributed by atoms with Gasteiger partial charge >= 0.3 is 0 Å². The second-order valence-corrected chi connectivity index (χ2v) is 18.1. The van der Waals surface area contributed by atoms with E-state index >= 15 is 0 Å². The van der Waals surface area contributed by atoms with Gasteiger partial charge in [-0.1, -0.05) is 46.2 Å². The van der Waals surface area contributed by atoms with Gasteiger partial charge in [0.05, 0.1) is 16.1 Å². The molecule has 0 atom stereocenters. The topological polar surface area (TPSA) is 25.8 Å². The molecule has 0 fully saturated rings. The molecular formula is C13H26N2Si2. The second kappa shape index (κ2) is 5.02. The maximum atomic E-state index is 4.78. The fourth-order valence-corrected chi connectivity index (χ4v) is 15.0. The molecule has 0 radical (unpaired) electrons. The van der Waals surface area contributed by atoms with Crippen LogP contribution < -0.4 is 0 Å². The lowest BCUT2D eigenvalue weighted by Crippen LogP contribution is -2.47. The minimum absolute atomic E-state index is 0.640. The first-order valence-electron chi connectivity index (χ1n) is 6.48. The Bertz CT molecular complexity index is 364. The van der Waals surface area contributed by atoms with Gasteiger partial charge in [-0.2, -0.15) is 0 Å². The predicted molar refractivity (Wildman–Crippen MR) is 80.8 cm³/mol. The Morgan fingerprint density at radius 1 is 1.06 bits per heavy atom. The molecule has 17 heavy (non-hydrogen) atoms. The molecule has 0 aliphatic rings. The summed E-state index contributed by atoms with van der Waals surface area (Å²) < 4.78 is 0. The molecule has 0 aliphatic carbocycles. The minimum atomic E-state index is -1.26. The van der Waals surface area contributed by atoms with Gasteiger partial charge in [-0.25, -0.2) is 9.97 Å². The summed E-state index contributed by atoms with van der Waals surface area (Å²) in [6.45, 7) is 16.8. The normalized spacial score (nSPS) is 13.2. The first kappa shape index (κ1) is 14.6. The van der Waals surface area contributed by atoms with Crippen LogP contribution in [0.15, 0.2) is 12.3 Å². The average molecular weight is 267 g/mol. The van der Waals surface area contributed by atoms with Crippen molar-refractivity contribution in [1.82, 2.24) is 9.97 Å². The molecular weight excluding hydrogens is 240 g/mol. The molecule has 1 rings (SSSR count). The molecule has 0 spiro atoms. The minimum Gasteiger partial charge on any atom is -0.242 e. The van der Waals surface area contributed by atoms with Gasteiger partial charge in [0.25, 0.3) is 0 Å². The summed E-state index contributed by atoms with van der Waals surface area (Å²) in [5, 5.41) is 0.640. The Hall–Kier alpha value is -0.486. The quantitative estimate of drug-likeness (QED) is 0.773. The van der Waals surface area contributed by atoms with Crippen molar-refractivity contribution >= 4 is 16.1 Å². The van der Waals surface area contributed by atoms with Gasteiger partial charge in [-0.3, -0.25) is 0 Å². The lowest BCUT2D eigenvalue weighted by atomic mass is 10.3. The van der Waals surface area contributed by atoms with Gasteiger partial charge in [0.2, 0.25) is 0 Å². The molecule has 0 amide bonds. The van der Waals surface area contributed by atoms with E-state index in [1.54, 1.807) is 0 Å². The zero-order valence-electron chi connectivity index (χ0n) is 12.3. The van der Waals surface area contributed by atoms with E-state index in [0.717, 1.165) is 12.2 Å². The van der Waals surface area contributed by atoms with Crippen molar-refractivity contribution in [1.29, 1.82) is 0 Å². The summed E-state index contributed by atoms with van der Waals surface area (Å²) in [7, 11) is -2.52. The van der Waals surface area contributed by atoms with Crippen LogP contribution in [0.1, 0.15) is 23.6 Å². The number of rotatable bonds is 4. The Balaban J connectivity index is 3.23. The van der Waals surface area contributed by atoms with E-state index in [2.05, 4.69) is 51.2 Å². The van der Waals surface area contributed by atoms with Gasteiger partial charge < -0.3 is 0 Å². The van der Waals surface area contributed by atoms with Crippen molar-refractivity contribution in [2.45, 2.75) is 57.8 Å². The molecule has 0 aromatic carbocycles. The highest BCUT2D eigenvalue weighted by atomic mass is 28.4. The van der Waals surface area contributed by atoms with Crippen molar-refractivity contribution in [3.8, 4) is 0 Å². The van der Waals surface area contributed by atoms with Crippen LogP contribution in [0.4, 0.5) is 0 Å². The molecule has 0 saturated heterocycles. The van der Waals surface area contributed by atoms with E-state index in [-0.39, 0.29) is 0 Å². The van der Waals surface area contributed by atoms with Gasteiger partial charge in [0.1, 0.15) is 5.82 Å². The van der Waals surface area contributed by atoms with E-state index in [0.29, 0.717) is 5.16 Å². The summed E-state index contributed by atoms with van der Waals surface area (Å²) in [5.41, 5.74) is 1.18. The number of hydrogen-bond donors (Lipinski definition) is 0. The van der Waals surface area contributed by atoms with E-state index in [4.69, 9.17) is 4.98 Å². The fourth-order valence-electron chi connectivity index (χ4n) is 2.82. The number of nitrogens with zero attached hydrogens (tertiary/aromatic N) is 2. The van der Waals surface area contributed by atoms with Crippen LogP contribution in [0.25, 0.3) is 0 Å². The fraction of sp³-hybridized carbons (Fsp3) is 0.692. The highest BCUT2D eigenvalue weighted by molar-refractivity contribution is 6.96. The Morgan fingerprint density at radius 3 is 2.00 bits per heavy atom. The van der Waals surface area contributed by atoms with Crippen molar-refractivity contribution in [3.05, 3.63) is 23.8 Å². The first-order chi connectivity index (χ1) is 7.66. The Morgan fingerprint density at radius 2 is 1.59 bits per heavy atom. The molecule has 0 N–H and O–H groups in total. The third kappa shape index (κ3) is 3.74. The summed E-state index contributed by atoms with van der Waals surface area (Å²) in [6.07, 6.45) is 2.94. The van der Waals surface area contributed by atoms with Crippen molar-refractivity contribution in [2.24, 2.45) is 0 Å². The largest absolute Gasteiger partial charge is 0.242 e. The molecule has 1 heterocycles. The predicted octanol–water partition coefficient (Wildman–Crippen LogP) is 3.88. The summed E-state index contributed by atoms with van der Waals surface area (Å²) >= 11 is 0. The third-order valence-corrected chi connectivity index (χ3v) is 12.3. The zero-order valence-corrected chi connectivity index (χ0v) is 14.3. The number of hydrogen-bond acceptors (Lipinski definition) is 2. The number of aromatic nitrogens is 2. The van der Waals surface area contributed by atoms with Gasteiger partial charge in [-0.05, 0) is 12.5 Å². The van der Waals surface area contributed by atoms with E-state index < -0.39 is 16.1 Å². The average Bonchev–Trinajstić information content (AvgIpc) is 2.13. The molecule has 0 bridgehead atoms. The lowest BCUT2D eigenvalue weighted by Gasteiger charge is -2.37. The van der Waals surface area contributed by atoms with E-state index in [9.17, 15) is 0 Å². The van der Waals surface area contributed by atoms with Gasteiger partial charge in [-0.15, -0.1) is 0 Å². The van der Waals surface area contributed by atoms with Gasteiger partial charge in [0, 0.05) is 17.1 Å². The smallest absolute Gasteiger partial charge is 0.126 e. The van der Waals surface area contributed by atoms with Crippen LogP contribution in [0.3, 0.4) is 0 Å². The van der Waals surface area contributed by atoms with E-state index in [1.807, 2.05) is 12.3 Å².